The van der Waals surface area contributed by atoms with E-state index >= 15 is 0 Å². The summed E-state index contributed by atoms with van der Waals surface area (Å²) in [4.78, 5) is 26.1. The quantitative estimate of drug-likeness (QED) is 0.809. The first-order valence-corrected chi connectivity index (χ1v) is 8.72. The third-order valence-corrected chi connectivity index (χ3v) is 5.04. The number of rotatable bonds is 4. The first kappa shape index (κ1) is 17.1. The largest absolute Gasteiger partial charge is 0.454 e. The summed E-state index contributed by atoms with van der Waals surface area (Å²) in [6.07, 6.45) is 0.0869. The minimum atomic E-state index is -0.595. The molecule has 0 spiro atoms. The summed E-state index contributed by atoms with van der Waals surface area (Å²) in [7, 11) is 0. The van der Waals surface area contributed by atoms with Crippen LogP contribution in [0.4, 0.5) is 5.69 Å². The van der Waals surface area contributed by atoms with Gasteiger partial charge in [0.1, 0.15) is 0 Å². The molecule has 4 rings (SSSR count). The number of amides is 2. The van der Waals surface area contributed by atoms with Crippen molar-refractivity contribution in [2.75, 3.05) is 11.7 Å². The second-order valence-corrected chi connectivity index (χ2v) is 6.81. The normalized spacial score (nSPS) is 18.7. The van der Waals surface area contributed by atoms with E-state index in [-0.39, 0.29) is 25.0 Å². The molecule has 134 valence electrons. The van der Waals surface area contributed by atoms with Gasteiger partial charge in [0.15, 0.2) is 11.5 Å². The number of nitrogens with zero attached hydrogens (tertiary/aromatic N) is 1. The molecular weight excluding hydrogens is 379 g/mol. The smallest absolute Gasteiger partial charge is 0.251 e. The molecule has 2 aliphatic rings. The highest BCUT2D eigenvalue weighted by Gasteiger charge is 2.39. The molecule has 0 saturated carbocycles. The molecule has 0 radical (unpaired) electrons. The van der Waals surface area contributed by atoms with Gasteiger partial charge in [-0.15, -0.1) is 0 Å². The lowest BCUT2D eigenvalue weighted by molar-refractivity contribution is -0.121. The van der Waals surface area contributed by atoms with E-state index < -0.39 is 6.04 Å². The molecule has 0 aliphatic carbocycles. The molecule has 6 nitrogen and oxygen atoms in total. The second kappa shape index (κ2) is 6.79. The van der Waals surface area contributed by atoms with E-state index in [1.807, 2.05) is 18.2 Å². The highest BCUT2D eigenvalue weighted by Crippen LogP contribution is 2.33. The van der Waals surface area contributed by atoms with Crippen molar-refractivity contribution in [3.05, 3.63) is 52.0 Å². The standard InChI is InChI=1S/C18H14Cl2N2O4/c19-12-3-2-11(6-13(12)20)22-17(23)7-14(18(22)24)21-8-10-1-4-15-16(5-10)26-9-25-15/h1-6,14,21H,7-9H2/t14-/m0/s1. The minimum absolute atomic E-state index is 0.0869. The third kappa shape index (κ3) is 3.11. The summed E-state index contributed by atoms with van der Waals surface area (Å²) in [6.45, 7) is 0.635. The molecule has 1 atom stereocenters. The Balaban J connectivity index is 1.46. The molecule has 2 aliphatic heterocycles. The van der Waals surface area contributed by atoms with Crippen LogP contribution in [0.3, 0.4) is 0 Å². The van der Waals surface area contributed by atoms with E-state index in [1.165, 1.54) is 6.07 Å². The second-order valence-electron chi connectivity index (χ2n) is 5.99. The van der Waals surface area contributed by atoms with Crippen molar-refractivity contribution in [2.45, 2.75) is 19.0 Å². The summed E-state index contributed by atoms with van der Waals surface area (Å²) in [5, 5.41) is 3.79. The van der Waals surface area contributed by atoms with Gasteiger partial charge in [-0.25, -0.2) is 4.90 Å². The number of carbonyl (C=O) groups is 2. The number of carbonyl (C=O) groups excluding carboxylic acids is 2. The van der Waals surface area contributed by atoms with E-state index in [1.54, 1.807) is 12.1 Å². The first-order chi connectivity index (χ1) is 12.5. The van der Waals surface area contributed by atoms with Crippen LogP contribution >= 0.6 is 23.2 Å². The molecule has 2 aromatic rings. The van der Waals surface area contributed by atoms with Crippen molar-refractivity contribution in [2.24, 2.45) is 0 Å². The Labute approximate surface area is 159 Å². The fourth-order valence-corrected chi connectivity index (χ4v) is 3.27. The molecule has 1 N–H and O–H groups in total. The Morgan fingerprint density at radius 2 is 1.85 bits per heavy atom. The number of imide groups is 1. The summed E-state index contributed by atoms with van der Waals surface area (Å²) >= 11 is 11.9. The monoisotopic (exact) mass is 392 g/mol. The van der Waals surface area contributed by atoms with Crippen LogP contribution in [0.2, 0.25) is 10.0 Å². The van der Waals surface area contributed by atoms with Gasteiger partial charge in [-0.05, 0) is 35.9 Å². The topological polar surface area (TPSA) is 67.9 Å². The maximum Gasteiger partial charge on any atom is 0.251 e. The first-order valence-electron chi connectivity index (χ1n) is 7.96. The van der Waals surface area contributed by atoms with Crippen molar-refractivity contribution in [1.29, 1.82) is 0 Å². The van der Waals surface area contributed by atoms with Gasteiger partial charge in [0.25, 0.3) is 5.91 Å². The number of anilines is 1. The summed E-state index contributed by atoms with van der Waals surface area (Å²) in [6, 6.07) is 9.65. The number of hydrogen-bond acceptors (Lipinski definition) is 5. The van der Waals surface area contributed by atoms with Crippen molar-refractivity contribution in [1.82, 2.24) is 5.32 Å². The van der Waals surface area contributed by atoms with Gasteiger partial charge in [0.05, 0.1) is 28.2 Å². The van der Waals surface area contributed by atoms with Crippen LogP contribution in [0.25, 0.3) is 0 Å². The number of benzene rings is 2. The molecule has 2 heterocycles. The van der Waals surface area contributed by atoms with Gasteiger partial charge in [-0.2, -0.15) is 0 Å². The molecule has 1 fully saturated rings. The van der Waals surface area contributed by atoms with E-state index in [2.05, 4.69) is 5.32 Å². The summed E-state index contributed by atoms with van der Waals surface area (Å²) < 4.78 is 10.6. The SMILES string of the molecule is O=C1C[C@H](NCc2ccc3c(c2)OCO3)C(=O)N1c1ccc(Cl)c(Cl)c1. The van der Waals surface area contributed by atoms with Crippen LogP contribution < -0.4 is 19.7 Å². The molecule has 0 unspecified atom stereocenters. The van der Waals surface area contributed by atoms with Crippen molar-refractivity contribution < 1.29 is 19.1 Å². The van der Waals surface area contributed by atoms with Crippen LogP contribution in [0.15, 0.2) is 36.4 Å². The lowest BCUT2D eigenvalue weighted by Crippen LogP contribution is -2.38. The third-order valence-electron chi connectivity index (χ3n) is 4.30. The summed E-state index contributed by atoms with van der Waals surface area (Å²) in [5.41, 5.74) is 1.35. The van der Waals surface area contributed by atoms with Gasteiger partial charge in [0.2, 0.25) is 12.7 Å². The minimum Gasteiger partial charge on any atom is -0.454 e. The molecule has 0 bridgehead atoms. The van der Waals surface area contributed by atoms with Crippen LogP contribution in [0.5, 0.6) is 11.5 Å². The average Bonchev–Trinajstić information content (AvgIpc) is 3.19. The molecule has 2 aromatic carbocycles. The Morgan fingerprint density at radius 3 is 2.65 bits per heavy atom. The van der Waals surface area contributed by atoms with Gasteiger partial charge in [-0.3, -0.25) is 9.59 Å². The summed E-state index contributed by atoms with van der Waals surface area (Å²) in [5.74, 6) is 0.785. The van der Waals surface area contributed by atoms with Crippen molar-refractivity contribution in [3.63, 3.8) is 0 Å². The fourth-order valence-electron chi connectivity index (χ4n) is 2.98. The van der Waals surface area contributed by atoms with Gasteiger partial charge in [0, 0.05) is 6.54 Å². The number of halogens is 2. The number of ether oxygens (including phenoxy) is 2. The van der Waals surface area contributed by atoms with Crippen LogP contribution in [0, 0.1) is 0 Å². The maximum atomic E-state index is 12.6. The zero-order valence-corrected chi connectivity index (χ0v) is 15.0. The van der Waals surface area contributed by atoms with Gasteiger partial charge >= 0.3 is 0 Å². The maximum absolute atomic E-state index is 12.6. The average molecular weight is 393 g/mol. The Hall–Kier alpha value is -2.28. The predicted octanol–water partition coefficient (Wildman–Crippen LogP) is 3.14. The van der Waals surface area contributed by atoms with Crippen LogP contribution in [0.1, 0.15) is 12.0 Å². The van der Waals surface area contributed by atoms with Crippen LogP contribution in [-0.4, -0.2) is 24.6 Å². The molecule has 1 saturated heterocycles. The zero-order valence-electron chi connectivity index (χ0n) is 13.5. The zero-order chi connectivity index (χ0) is 18.3. The number of nitrogens with one attached hydrogen (secondary N) is 1. The van der Waals surface area contributed by atoms with Crippen molar-refractivity contribution >= 4 is 40.7 Å². The molecule has 2 amide bonds. The molecule has 0 aromatic heterocycles. The molecule has 8 heteroatoms. The van der Waals surface area contributed by atoms with Crippen molar-refractivity contribution in [3.8, 4) is 11.5 Å². The highest BCUT2D eigenvalue weighted by atomic mass is 35.5. The number of fused-ring (bicyclic) bond motifs is 1. The van der Waals surface area contributed by atoms with Crippen LogP contribution in [-0.2, 0) is 16.1 Å². The number of hydrogen-bond donors (Lipinski definition) is 1. The van der Waals surface area contributed by atoms with E-state index in [9.17, 15) is 9.59 Å². The Morgan fingerprint density at radius 1 is 1.04 bits per heavy atom. The van der Waals surface area contributed by atoms with Gasteiger partial charge < -0.3 is 14.8 Å². The highest BCUT2D eigenvalue weighted by molar-refractivity contribution is 6.42. The van der Waals surface area contributed by atoms with Gasteiger partial charge in [-0.1, -0.05) is 29.3 Å². The van der Waals surface area contributed by atoms with E-state index in [0.29, 0.717) is 33.8 Å². The van der Waals surface area contributed by atoms with E-state index in [0.717, 1.165) is 10.5 Å². The molecular formula is C18H14Cl2N2O4. The Bertz CT molecular complexity index is 903. The Kier molecular flexibility index (Phi) is 4.48. The van der Waals surface area contributed by atoms with E-state index in [4.69, 9.17) is 32.7 Å². The lowest BCUT2D eigenvalue weighted by atomic mass is 10.1. The lowest BCUT2D eigenvalue weighted by Gasteiger charge is -2.16. The fraction of sp³-hybridized carbons (Fsp3) is 0.222. The molecule has 26 heavy (non-hydrogen) atoms. The predicted molar refractivity (Wildman–Crippen MR) is 96.8 cm³/mol.